The number of aromatic nitrogens is 3. The highest BCUT2D eigenvalue weighted by atomic mass is 32.1. The molecule has 0 bridgehead atoms. The average Bonchev–Trinajstić information content (AvgIpc) is 3.36. The number of hydrogen-bond donors (Lipinski definition) is 1. The molecule has 0 aliphatic carbocycles. The van der Waals surface area contributed by atoms with Gasteiger partial charge in [0.15, 0.2) is 5.13 Å². The van der Waals surface area contributed by atoms with E-state index in [-0.39, 0.29) is 11.7 Å². The lowest BCUT2D eigenvalue weighted by atomic mass is 10.1. The molecule has 1 amide bonds. The van der Waals surface area contributed by atoms with Gasteiger partial charge >= 0.3 is 0 Å². The van der Waals surface area contributed by atoms with E-state index in [9.17, 15) is 9.18 Å². The van der Waals surface area contributed by atoms with Crippen molar-refractivity contribution in [3.05, 3.63) is 83.4 Å². The molecule has 0 aliphatic rings. The van der Waals surface area contributed by atoms with Crippen LogP contribution in [0, 0.1) is 12.7 Å². The molecule has 0 radical (unpaired) electrons. The molecular weight excluding hydrogens is 399 g/mol. The lowest BCUT2D eigenvalue weighted by Gasteiger charge is -2.08. The van der Waals surface area contributed by atoms with Crippen molar-refractivity contribution in [3.63, 3.8) is 0 Å². The van der Waals surface area contributed by atoms with Crippen molar-refractivity contribution in [2.75, 3.05) is 5.32 Å². The lowest BCUT2D eigenvalue weighted by molar-refractivity contribution is -0.116. The molecule has 0 aliphatic heterocycles. The number of carbonyl (C=O) groups is 1. The molecule has 2 heterocycles. The van der Waals surface area contributed by atoms with Gasteiger partial charge in [0, 0.05) is 17.4 Å². The van der Waals surface area contributed by atoms with Crippen LogP contribution in [-0.4, -0.2) is 20.4 Å². The highest BCUT2D eigenvalue weighted by Crippen LogP contribution is 2.27. The van der Waals surface area contributed by atoms with E-state index in [2.05, 4.69) is 27.4 Å². The maximum absolute atomic E-state index is 13.2. The Morgan fingerprint density at radius 1 is 1.13 bits per heavy atom. The molecule has 2 aromatic heterocycles. The van der Waals surface area contributed by atoms with Crippen LogP contribution >= 0.6 is 11.3 Å². The Balaban J connectivity index is 1.44. The van der Waals surface area contributed by atoms with Gasteiger partial charge in [-0.3, -0.25) is 9.36 Å². The Bertz CT molecular complexity index is 1140. The smallest absolute Gasteiger partial charge is 0.225 e. The fourth-order valence-electron chi connectivity index (χ4n) is 3.20. The summed E-state index contributed by atoms with van der Waals surface area (Å²) in [5.74, 6) is 0.992. The molecule has 152 valence electrons. The maximum Gasteiger partial charge on any atom is 0.225 e. The fourth-order valence-corrected chi connectivity index (χ4v) is 4.09. The number of nitrogens with one attached hydrogen (secondary N) is 1. The van der Waals surface area contributed by atoms with Crippen LogP contribution in [0.4, 0.5) is 10.2 Å². The van der Waals surface area contributed by atoms with Crippen molar-refractivity contribution < 1.29 is 9.18 Å². The van der Waals surface area contributed by atoms with E-state index in [0.717, 1.165) is 29.9 Å². The zero-order valence-corrected chi connectivity index (χ0v) is 17.3. The van der Waals surface area contributed by atoms with Crippen LogP contribution in [0.25, 0.3) is 16.4 Å². The molecular formula is C23H21FN4OS. The summed E-state index contributed by atoms with van der Waals surface area (Å²) in [5, 5.41) is 5.56. The standard InChI is InChI=1S/C23H21FN4OS/c1-16-25-14-21(27-22(29)9-5-8-17-6-3-2-4-7-17)28(16)23-26-20(15-30-23)18-10-12-19(24)13-11-18/h2-4,6-7,10-15H,5,8-9H2,1H3,(H,27,29). The zero-order valence-electron chi connectivity index (χ0n) is 16.5. The molecule has 5 nitrogen and oxygen atoms in total. The number of amides is 1. The van der Waals surface area contributed by atoms with Gasteiger partial charge in [-0.05, 0) is 49.6 Å². The van der Waals surface area contributed by atoms with Crippen molar-refractivity contribution in [2.24, 2.45) is 0 Å². The van der Waals surface area contributed by atoms with Gasteiger partial charge in [-0.1, -0.05) is 30.3 Å². The monoisotopic (exact) mass is 420 g/mol. The molecule has 7 heteroatoms. The molecule has 4 rings (SSSR count). The first kappa shape index (κ1) is 20.0. The van der Waals surface area contributed by atoms with E-state index in [1.165, 1.54) is 29.0 Å². The Kier molecular flexibility index (Phi) is 5.99. The first-order valence-electron chi connectivity index (χ1n) is 9.70. The summed E-state index contributed by atoms with van der Waals surface area (Å²) in [6.07, 6.45) is 3.70. The van der Waals surface area contributed by atoms with Gasteiger partial charge in [0.25, 0.3) is 0 Å². The van der Waals surface area contributed by atoms with Crippen molar-refractivity contribution in [1.29, 1.82) is 0 Å². The molecule has 0 saturated heterocycles. The van der Waals surface area contributed by atoms with Crippen LogP contribution in [0.2, 0.25) is 0 Å². The number of imidazole rings is 1. The summed E-state index contributed by atoms with van der Waals surface area (Å²) >= 11 is 1.44. The van der Waals surface area contributed by atoms with Gasteiger partial charge in [0.05, 0.1) is 11.9 Å². The van der Waals surface area contributed by atoms with E-state index in [4.69, 9.17) is 0 Å². The third kappa shape index (κ3) is 4.63. The minimum atomic E-state index is -0.281. The van der Waals surface area contributed by atoms with Gasteiger partial charge in [0.1, 0.15) is 17.5 Å². The van der Waals surface area contributed by atoms with Crippen LogP contribution in [0.15, 0.2) is 66.2 Å². The lowest BCUT2D eigenvalue weighted by Crippen LogP contribution is -2.14. The normalized spacial score (nSPS) is 10.9. The predicted octanol–water partition coefficient (Wildman–Crippen LogP) is 5.40. The van der Waals surface area contributed by atoms with Crippen molar-refractivity contribution in [1.82, 2.24) is 14.5 Å². The minimum Gasteiger partial charge on any atom is -0.310 e. The Labute approximate surface area is 178 Å². The molecule has 0 fully saturated rings. The average molecular weight is 421 g/mol. The first-order chi connectivity index (χ1) is 14.6. The van der Waals surface area contributed by atoms with Crippen molar-refractivity contribution >= 4 is 23.1 Å². The second kappa shape index (κ2) is 9.00. The summed E-state index contributed by atoms with van der Waals surface area (Å²) in [7, 11) is 0. The number of hydrogen-bond acceptors (Lipinski definition) is 4. The van der Waals surface area contributed by atoms with Crippen molar-refractivity contribution in [3.8, 4) is 16.4 Å². The number of benzene rings is 2. The van der Waals surface area contributed by atoms with Crippen molar-refractivity contribution in [2.45, 2.75) is 26.2 Å². The van der Waals surface area contributed by atoms with Crippen LogP contribution in [0.3, 0.4) is 0 Å². The van der Waals surface area contributed by atoms with E-state index in [0.29, 0.717) is 17.4 Å². The third-order valence-corrected chi connectivity index (χ3v) is 5.57. The highest BCUT2D eigenvalue weighted by molar-refractivity contribution is 7.12. The van der Waals surface area contributed by atoms with E-state index < -0.39 is 0 Å². The second-order valence-corrected chi connectivity index (χ2v) is 7.77. The van der Waals surface area contributed by atoms with Crippen LogP contribution < -0.4 is 5.32 Å². The Hall–Kier alpha value is -3.32. The third-order valence-electron chi connectivity index (χ3n) is 4.74. The SMILES string of the molecule is Cc1ncc(NC(=O)CCCc2ccccc2)n1-c1nc(-c2ccc(F)cc2)cs1. The number of nitrogens with zero attached hydrogens (tertiary/aromatic N) is 3. The molecule has 4 aromatic rings. The molecule has 0 saturated carbocycles. The van der Waals surface area contributed by atoms with Gasteiger partial charge in [-0.25, -0.2) is 14.4 Å². The van der Waals surface area contributed by atoms with Crippen LogP contribution in [0.5, 0.6) is 0 Å². The topological polar surface area (TPSA) is 59.8 Å². The summed E-state index contributed by atoms with van der Waals surface area (Å²) in [6.45, 7) is 1.87. The molecule has 0 spiro atoms. The number of anilines is 1. The Morgan fingerprint density at radius 3 is 2.67 bits per heavy atom. The van der Waals surface area contributed by atoms with E-state index in [1.807, 2.05) is 35.1 Å². The molecule has 30 heavy (non-hydrogen) atoms. The van der Waals surface area contributed by atoms with Crippen LogP contribution in [0.1, 0.15) is 24.2 Å². The largest absolute Gasteiger partial charge is 0.310 e. The van der Waals surface area contributed by atoms with Gasteiger partial charge in [-0.2, -0.15) is 0 Å². The highest BCUT2D eigenvalue weighted by Gasteiger charge is 2.15. The number of aryl methyl sites for hydroxylation is 2. The van der Waals surface area contributed by atoms with Crippen LogP contribution in [-0.2, 0) is 11.2 Å². The van der Waals surface area contributed by atoms with E-state index in [1.54, 1.807) is 18.3 Å². The summed E-state index contributed by atoms with van der Waals surface area (Å²) in [6, 6.07) is 16.4. The van der Waals surface area contributed by atoms with Gasteiger partial charge in [0.2, 0.25) is 5.91 Å². The molecule has 1 N–H and O–H groups in total. The summed E-state index contributed by atoms with van der Waals surface area (Å²) in [4.78, 5) is 21.4. The fraction of sp³-hybridized carbons (Fsp3) is 0.174. The second-order valence-electron chi connectivity index (χ2n) is 6.94. The molecule has 0 unspecified atom stereocenters. The molecule has 0 atom stereocenters. The van der Waals surface area contributed by atoms with E-state index >= 15 is 0 Å². The molecule has 2 aromatic carbocycles. The zero-order chi connectivity index (χ0) is 20.9. The van der Waals surface area contributed by atoms with Gasteiger partial charge < -0.3 is 5.32 Å². The minimum absolute atomic E-state index is 0.0533. The summed E-state index contributed by atoms with van der Waals surface area (Å²) < 4.78 is 15.0. The first-order valence-corrected chi connectivity index (χ1v) is 10.6. The Morgan fingerprint density at radius 2 is 1.90 bits per heavy atom. The maximum atomic E-state index is 13.2. The summed E-state index contributed by atoms with van der Waals surface area (Å²) in [5.41, 5.74) is 2.81. The predicted molar refractivity (Wildman–Crippen MR) is 117 cm³/mol. The number of halogens is 1. The number of carbonyl (C=O) groups excluding carboxylic acids is 1. The number of thiazole rings is 1. The quantitative estimate of drug-likeness (QED) is 0.435. The van der Waals surface area contributed by atoms with Gasteiger partial charge in [-0.15, -0.1) is 11.3 Å². The number of rotatable bonds is 7.